The molecule has 3 heterocycles. The van der Waals surface area contributed by atoms with Gasteiger partial charge in [-0.3, -0.25) is 4.79 Å². The molecule has 2 N–H and O–H groups in total. The van der Waals surface area contributed by atoms with Crippen molar-refractivity contribution in [1.29, 1.82) is 0 Å². The molecule has 8 nitrogen and oxygen atoms in total. The fraction of sp³-hybridized carbons (Fsp3) is 0.500. The van der Waals surface area contributed by atoms with E-state index in [1.807, 2.05) is 4.90 Å². The van der Waals surface area contributed by atoms with Crippen molar-refractivity contribution in [2.45, 2.75) is 31.2 Å². The summed E-state index contributed by atoms with van der Waals surface area (Å²) in [5, 5.41) is 12.6. The van der Waals surface area contributed by atoms with Gasteiger partial charge in [-0.15, -0.1) is 0 Å². The molecule has 1 aliphatic carbocycles. The average molecular weight is 354 g/mol. The summed E-state index contributed by atoms with van der Waals surface area (Å²) in [5.74, 6) is 0.756. The molecule has 2 aromatic heterocycles. The van der Waals surface area contributed by atoms with Crippen LogP contribution in [0.25, 0.3) is 0 Å². The molecular formula is C18H22N6O2. The number of rotatable bonds is 5. The van der Waals surface area contributed by atoms with Crippen LogP contribution in [0.3, 0.4) is 0 Å². The van der Waals surface area contributed by atoms with E-state index in [1.54, 1.807) is 24.8 Å². The van der Waals surface area contributed by atoms with Crippen LogP contribution in [0, 0.1) is 5.92 Å². The molecule has 26 heavy (non-hydrogen) atoms. The molecule has 1 aliphatic heterocycles. The number of piperidine rings is 1. The van der Waals surface area contributed by atoms with Gasteiger partial charge in [0.25, 0.3) is 5.91 Å². The minimum atomic E-state index is -0.195. The molecule has 0 unspecified atom stereocenters. The van der Waals surface area contributed by atoms with Crippen LogP contribution in [0.4, 0.5) is 5.95 Å². The molecule has 2 aromatic rings. The van der Waals surface area contributed by atoms with Gasteiger partial charge in [0.1, 0.15) is 6.33 Å². The number of aliphatic hydroxyl groups is 1. The van der Waals surface area contributed by atoms with Gasteiger partial charge >= 0.3 is 0 Å². The zero-order valence-electron chi connectivity index (χ0n) is 14.5. The lowest BCUT2D eigenvalue weighted by Crippen LogP contribution is -2.39. The van der Waals surface area contributed by atoms with E-state index in [9.17, 15) is 9.90 Å². The lowest BCUT2D eigenvalue weighted by molar-refractivity contribution is 0.0650. The Bertz CT molecular complexity index is 755. The van der Waals surface area contributed by atoms with Crippen LogP contribution in [-0.4, -0.2) is 55.5 Å². The largest absolute Gasteiger partial charge is 0.396 e. The van der Waals surface area contributed by atoms with Crippen LogP contribution in [-0.2, 0) is 5.54 Å². The van der Waals surface area contributed by atoms with Gasteiger partial charge in [-0.25, -0.2) is 19.9 Å². The summed E-state index contributed by atoms with van der Waals surface area (Å²) in [6, 6.07) is 0. The Morgan fingerprint density at radius 2 is 1.81 bits per heavy atom. The molecule has 0 radical (unpaired) electrons. The zero-order chi connectivity index (χ0) is 18.0. The van der Waals surface area contributed by atoms with E-state index in [-0.39, 0.29) is 18.1 Å². The summed E-state index contributed by atoms with van der Waals surface area (Å²) in [5.41, 5.74) is 1.32. The maximum Gasteiger partial charge on any atom is 0.256 e. The van der Waals surface area contributed by atoms with E-state index < -0.39 is 0 Å². The van der Waals surface area contributed by atoms with Gasteiger partial charge in [0.05, 0.1) is 11.1 Å². The first-order chi connectivity index (χ1) is 12.7. The Kier molecular flexibility index (Phi) is 4.50. The predicted octanol–water partition coefficient (Wildman–Crippen LogP) is 1.21. The Balaban J connectivity index is 1.40. The molecule has 0 bridgehead atoms. The minimum Gasteiger partial charge on any atom is -0.396 e. The quantitative estimate of drug-likeness (QED) is 0.832. The number of amides is 1. The van der Waals surface area contributed by atoms with Crippen molar-refractivity contribution >= 4 is 11.9 Å². The van der Waals surface area contributed by atoms with Crippen LogP contribution in [0.5, 0.6) is 0 Å². The highest BCUT2D eigenvalue weighted by Crippen LogP contribution is 2.47. The smallest absolute Gasteiger partial charge is 0.256 e. The Hall–Kier alpha value is -2.61. The number of hydrogen-bond acceptors (Lipinski definition) is 7. The fourth-order valence-corrected chi connectivity index (χ4v) is 3.38. The standard InChI is InChI=1S/C18H22N6O2/c25-11-13-1-5-24(6-2-13)16(26)14-7-21-17(22-8-14)23-18(3-4-18)15-9-19-12-20-10-15/h7-10,12-13,25H,1-6,11H2,(H,21,22,23). The van der Waals surface area contributed by atoms with E-state index in [0.717, 1.165) is 31.2 Å². The average Bonchev–Trinajstić information content (AvgIpc) is 3.49. The van der Waals surface area contributed by atoms with Crippen molar-refractivity contribution in [2.24, 2.45) is 5.92 Å². The van der Waals surface area contributed by atoms with E-state index >= 15 is 0 Å². The third-order valence-electron chi connectivity index (χ3n) is 5.27. The molecule has 1 amide bonds. The summed E-state index contributed by atoms with van der Waals surface area (Å²) in [4.78, 5) is 31.2. The van der Waals surface area contributed by atoms with Crippen LogP contribution < -0.4 is 5.32 Å². The van der Waals surface area contributed by atoms with Crippen LogP contribution >= 0.6 is 0 Å². The fourth-order valence-electron chi connectivity index (χ4n) is 3.38. The lowest BCUT2D eigenvalue weighted by atomic mass is 9.97. The molecule has 1 saturated carbocycles. The number of likely N-dealkylation sites (tertiary alicyclic amines) is 1. The maximum atomic E-state index is 12.6. The third-order valence-corrected chi connectivity index (χ3v) is 5.27. The van der Waals surface area contributed by atoms with E-state index in [1.165, 1.54) is 6.33 Å². The van der Waals surface area contributed by atoms with Gasteiger partial charge in [-0.1, -0.05) is 0 Å². The molecular weight excluding hydrogens is 332 g/mol. The first-order valence-electron chi connectivity index (χ1n) is 8.96. The van der Waals surface area contributed by atoms with Gasteiger partial charge in [-0.05, 0) is 31.6 Å². The van der Waals surface area contributed by atoms with E-state index in [0.29, 0.717) is 30.5 Å². The molecule has 136 valence electrons. The third kappa shape index (κ3) is 3.37. The van der Waals surface area contributed by atoms with Crippen LogP contribution in [0.2, 0.25) is 0 Å². The molecule has 8 heteroatoms. The van der Waals surface area contributed by atoms with Crippen molar-refractivity contribution in [1.82, 2.24) is 24.8 Å². The Morgan fingerprint density at radius 3 is 2.38 bits per heavy atom. The second-order valence-corrected chi connectivity index (χ2v) is 7.05. The zero-order valence-corrected chi connectivity index (χ0v) is 14.5. The molecule has 2 aliphatic rings. The summed E-state index contributed by atoms with van der Waals surface area (Å²) in [6.45, 7) is 1.53. The number of aliphatic hydroxyl groups excluding tert-OH is 1. The van der Waals surface area contributed by atoms with Gasteiger partial charge in [0.15, 0.2) is 0 Å². The molecule has 2 fully saturated rings. The van der Waals surface area contributed by atoms with Gasteiger partial charge < -0.3 is 15.3 Å². The van der Waals surface area contributed by atoms with Crippen molar-refractivity contribution < 1.29 is 9.90 Å². The molecule has 0 spiro atoms. The number of nitrogens with one attached hydrogen (secondary N) is 1. The number of carbonyl (C=O) groups excluding carboxylic acids is 1. The molecule has 4 rings (SSSR count). The number of carbonyl (C=O) groups is 1. The SMILES string of the molecule is O=C(c1cnc(NC2(c3cncnc3)CC2)nc1)N1CCC(CO)CC1. The minimum absolute atomic E-state index is 0.0504. The van der Waals surface area contributed by atoms with E-state index in [2.05, 4.69) is 25.3 Å². The van der Waals surface area contributed by atoms with Crippen molar-refractivity contribution in [2.75, 3.05) is 25.0 Å². The molecule has 1 saturated heterocycles. The summed E-state index contributed by atoms with van der Waals surface area (Å²) < 4.78 is 0. The number of hydrogen-bond donors (Lipinski definition) is 2. The van der Waals surface area contributed by atoms with E-state index in [4.69, 9.17) is 0 Å². The highest BCUT2D eigenvalue weighted by molar-refractivity contribution is 5.93. The van der Waals surface area contributed by atoms with Crippen molar-refractivity contribution in [3.05, 3.63) is 42.2 Å². The van der Waals surface area contributed by atoms with Crippen molar-refractivity contribution in [3.8, 4) is 0 Å². The van der Waals surface area contributed by atoms with Crippen LogP contribution in [0.15, 0.2) is 31.1 Å². The monoisotopic (exact) mass is 354 g/mol. The number of aromatic nitrogens is 4. The second kappa shape index (κ2) is 6.95. The predicted molar refractivity (Wildman–Crippen MR) is 94.3 cm³/mol. The normalized spacial score (nSPS) is 19.2. The van der Waals surface area contributed by atoms with Crippen molar-refractivity contribution in [3.63, 3.8) is 0 Å². The second-order valence-electron chi connectivity index (χ2n) is 7.05. The van der Waals surface area contributed by atoms with Gasteiger partial charge in [0, 0.05) is 50.0 Å². The Morgan fingerprint density at radius 1 is 1.15 bits per heavy atom. The summed E-state index contributed by atoms with van der Waals surface area (Å²) in [6.07, 6.45) is 11.9. The van der Waals surface area contributed by atoms with Crippen LogP contribution in [0.1, 0.15) is 41.6 Å². The summed E-state index contributed by atoms with van der Waals surface area (Å²) >= 11 is 0. The first kappa shape index (κ1) is 16.8. The molecule has 0 aromatic carbocycles. The molecule has 0 atom stereocenters. The highest BCUT2D eigenvalue weighted by atomic mass is 16.3. The number of nitrogens with zero attached hydrogens (tertiary/aromatic N) is 5. The topological polar surface area (TPSA) is 104 Å². The van der Waals surface area contributed by atoms with Gasteiger partial charge in [-0.2, -0.15) is 0 Å². The number of anilines is 1. The first-order valence-corrected chi connectivity index (χ1v) is 8.96. The maximum absolute atomic E-state index is 12.6. The highest BCUT2D eigenvalue weighted by Gasteiger charge is 2.45. The van der Waals surface area contributed by atoms with Gasteiger partial charge in [0.2, 0.25) is 5.95 Å². The lowest BCUT2D eigenvalue weighted by Gasteiger charge is -2.31. The summed E-state index contributed by atoms with van der Waals surface area (Å²) in [7, 11) is 0. The Labute approximate surface area is 151 Å².